The van der Waals surface area contributed by atoms with E-state index in [9.17, 15) is 5.11 Å². The van der Waals surface area contributed by atoms with Crippen molar-refractivity contribution in [2.24, 2.45) is 0 Å². The zero-order chi connectivity index (χ0) is 16.8. The third kappa shape index (κ3) is 6.66. The minimum absolute atomic E-state index is 0.000353. The molecule has 2 unspecified atom stereocenters. The van der Waals surface area contributed by atoms with E-state index in [1.54, 1.807) is 18.4 Å². The third-order valence-electron chi connectivity index (χ3n) is 3.58. The molecule has 1 N–H and O–H groups in total. The summed E-state index contributed by atoms with van der Waals surface area (Å²) in [7, 11) is 2.33. The molecule has 3 atom stereocenters. The van der Waals surface area contributed by atoms with Crippen LogP contribution in [0.1, 0.15) is 31.0 Å². The second kappa shape index (κ2) is 10.3. The summed E-state index contributed by atoms with van der Waals surface area (Å²) in [6, 6.07) is 0. The Kier molecular flexibility index (Phi) is 10.0. The molecule has 1 aliphatic rings. The number of rotatable bonds is 6. The normalized spacial score (nSPS) is 25.2. The van der Waals surface area contributed by atoms with Crippen molar-refractivity contribution < 1.29 is 24.0 Å². The van der Waals surface area contributed by atoms with E-state index in [4.69, 9.17) is 9.47 Å². The molecule has 1 aromatic heterocycles. The van der Waals surface area contributed by atoms with E-state index in [-0.39, 0.29) is 24.4 Å². The van der Waals surface area contributed by atoms with Gasteiger partial charge >= 0.3 is 49.4 Å². The summed E-state index contributed by atoms with van der Waals surface area (Å²) >= 11 is 6.38. The van der Waals surface area contributed by atoms with Crippen LogP contribution in [0.5, 0.6) is 0 Å². The molecule has 0 saturated carbocycles. The fourth-order valence-corrected chi connectivity index (χ4v) is 2.73. The van der Waals surface area contributed by atoms with Crippen LogP contribution in [0, 0.1) is 6.92 Å². The molecule has 125 valence electrons. The van der Waals surface area contributed by atoms with Crippen LogP contribution in [-0.2, 0) is 18.9 Å². The number of methoxy groups -OCH3 is 1. The Balaban J connectivity index is 0.000000745. The first-order valence-electron chi connectivity index (χ1n) is 6.74. The number of aliphatic hydroxyl groups is 1. The quantitative estimate of drug-likeness (QED) is 0.401. The van der Waals surface area contributed by atoms with Gasteiger partial charge in [-0.3, -0.25) is 0 Å². The Morgan fingerprint density at radius 1 is 1.68 bits per heavy atom. The van der Waals surface area contributed by atoms with Gasteiger partial charge in [0.25, 0.3) is 0 Å². The first kappa shape index (κ1) is 21.3. The van der Waals surface area contributed by atoms with Gasteiger partial charge in [-0.2, -0.15) is 0 Å². The fourth-order valence-electron chi connectivity index (χ4n) is 2.16. The van der Waals surface area contributed by atoms with Crippen molar-refractivity contribution >= 4 is 57.4 Å². The van der Waals surface area contributed by atoms with Gasteiger partial charge in [0.1, 0.15) is 5.60 Å². The molecule has 1 aromatic rings. The van der Waals surface area contributed by atoms with Crippen LogP contribution in [0.3, 0.4) is 0 Å². The van der Waals surface area contributed by atoms with Crippen LogP contribution < -0.4 is 0 Å². The molecule has 0 spiro atoms. The van der Waals surface area contributed by atoms with Crippen LogP contribution in [0.25, 0.3) is 6.08 Å². The maximum absolute atomic E-state index is 9.21. The van der Waals surface area contributed by atoms with Crippen LogP contribution in [0.4, 0.5) is 0 Å². The monoisotopic (exact) mass is 588 g/mol. The summed E-state index contributed by atoms with van der Waals surface area (Å²) in [6.07, 6.45) is 2.89. The Hall–Kier alpha value is 1.29. The standard InChI is InChI=1S/C14H21NO3S.2HI.V/c1-9(5-11-7-19-10(2)15-11)12(17-4)6-13-14(3,8-16)18-13;;;/h5,7,12-13,16H,6,8H2,1-4H3;2*1H;/q;;;+2/p-2/b9-5+;;;/t12?,13?,14-;;;/m1.../s1. The summed E-state index contributed by atoms with van der Waals surface area (Å²) in [5.41, 5.74) is 1.72. The molecule has 1 fully saturated rings. The van der Waals surface area contributed by atoms with E-state index in [0.29, 0.717) is 9.47 Å². The number of epoxide rings is 1. The zero-order valence-corrected chi connectivity index (χ0v) is 19.6. The molecule has 0 radical (unpaired) electrons. The molecule has 0 amide bonds. The van der Waals surface area contributed by atoms with E-state index in [0.717, 1.165) is 22.7 Å². The van der Waals surface area contributed by atoms with Crippen LogP contribution in [-0.4, -0.2) is 41.6 Å². The molecule has 1 aliphatic heterocycles. The maximum atomic E-state index is 9.21. The fraction of sp³-hybridized carbons (Fsp3) is 0.643. The summed E-state index contributed by atoms with van der Waals surface area (Å²) in [4.78, 5) is 4.42. The van der Waals surface area contributed by atoms with Gasteiger partial charge in [0, 0.05) is 18.9 Å². The molecule has 0 aliphatic carbocycles. The van der Waals surface area contributed by atoms with E-state index >= 15 is 0 Å². The molecule has 8 heteroatoms. The Labute approximate surface area is 165 Å². The molecule has 0 aromatic carbocycles. The molecular weight excluding hydrogens is 567 g/mol. The number of aromatic nitrogens is 1. The Bertz CT molecular complexity index is 500. The first-order chi connectivity index (χ1) is 10.4. The molecule has 2 heterocycles. The predicted octanol–water partition coefficient (Wildman–Crippen LogP) is 4.18. The number of ether oxygens (including phenoxy) is 2. The third-order valence-corrected chi connectivity index (χ3v) is 4.37. The average molecular weight is 588 g/mol. The number of thiazole rings is 1. The van der Waals surface area contributed by atoms with Crippen LogP contribution >= 0.6 is 51.3 Å². The molecule has 4 nitrogen and oxygen atoms in total. The SMILES string of the molecule is COC(CC1O[C@]1(C)CO)/C(C)=C/c1csc(C)n1.[I][V][I]. The second-order valence-electron chi connectivity index (χ2n) is 5.28. The van der Waals surface area contributed by atoms with E-state index in [1.165, 1.54) is 0 Å². The molecule has 22 heavy (non-hydrogen) atoms. The van der Waals surface area contributed by atoms with Crippen molar-refractivity contribution in [2.45, 2.75) is 45.0 Å². The van der Waals surface area contributed by atoms with Crippen molar-refractivity contribution in [1.82, 2.24) is 4.98 Å². The first-order valence-corrected chi connectivity index (χ1v) is 16.6. The van der Waals surface area contributed by atoms with Crippen LogP contribution in [0.15, 0.2) is 11.0 Å². The van der Waals surface area contributed by atoms with Gasteiger partial charge in [-0.25, -0.2) is 4.98 Å². The van der Waals surface area contributed by atoms with E-state index < -0.39 is 0 Å². The molecular formula is C14H21I2NO3SV. The van der Waals surface area contributed by atoms with Gasteiger partial charge in [-0.05, 0) is 32.4 Å². The van der Waals surface area contributed by atoms with Gasteiger partial charge < -0.3 is 14.6 Å². The number of aliphatic hydroxyl groups excluding tert-OH is 1. The van der Waals surface area contributed by atoms with Crippen molar-refractivity contribution in [3.63, 3.8) is 0 Å². The topological polar surface area (TPSA) is 54.9 Å². The molecule has 0 bridgehead atoms. The number of hydrogen-bond donors (Lipinski definition) is 1. The minimum atomic E-state index is -0.381. The van der Waals surface area contributed by atoms with Gasteiger partial charge in [0.2, 0.25) is 0 Å². The number of nitrogens with zero attached hydrogens (tertiary/aromatic N) is 1. The van der Waals surface area contributed by atoms with Gasteiger partial charge in [-0.1, -0.05) is 0 Å². The van der Waals surface area contributed by atoms with E-state index in [1.807, 2.05) is 26.2 Å². The number of hydrogen-bond acceptors (Lipinski definition) is 5. The van der Waals surface area contributed by atoms with Crippen LogP contribution in [0.2, 0.25) is 0 Å². The summed E-state index contributed by atoms with van der Waals surface area (Å²) in [5.74, 6) is 0. The van der Waals surface area contributed by atoms with Crippen molar-refractivity contribution in [1.29, 1.82) is 0 Å². The van der Waals surface area contributed by atoms with Gasteiger partial charge in [0.15, 0.2) is 0 Å². The summed E-state index contributed by atoms with van der Waals surface area (Å²) in [5, 5.41) is 12.3. The Morgan fingerprint density at radius 2 is 2.32 bits per heavy atom. The second-order valence-corrected chi connectivity index (χ2v) is 18.1. The summed E-state index contributed by atoms with van der Waals surface area (Å²) in [6.45, 7) is 6.02. The van der Waals surface area contributed by atoms with Crippen molar-refractivity contribution in [2.75, 3.05) is 13.7 Å². The van der Waals surface area contributed by atoms with E-state index in [2.05, 4.69) is 51.0 Å². The number of aryl methyl sites for hydroxylation is 1. The summed E-state index contributed by atoms with van der Waals surface area (Å²) < 4.78 is 11.0. The van der Waals surface area contributed by atoms with Crippen molar-refractivity contribution in [3.8, 4) is 0 Å². The van der Waals surface area contributed by atoms with Crippen molar-refractivity contribution in [3.05, 3.63) is 21.7 Å². The zero-order valence-electron chi connectivity index (χ0n) is 13.0. The predicted molar refractivity (Wildman–Crippen MR) is 104 cm³/mol. The van der Waals surface area contributed by atoms with Gasteiger partial charge in [0.05, 0.1) is 29.5 Å². The molecule has 1 saturated heterocycles. The number of halogens is 2. The Morgan fingerprint density at radius 3 is 2.73 bits per heavy atom. The molecule has 2 rings (SSSR count). The van der Waals surface area contributed by atoms with Gasteiger partial charge in [-0.15, -0.1) is 11.3 Å². The average Bonchev–Trinajstić information content (AvgIpc) is 2.95.